The zero-order valence-corrected chi connectivity index (χ0v) is 10.9. The molecule has 0 amide bonds. The zero-order valence-electron chi connectivity index (χ0n) is 8.49. The summed E-state index contributed by atoms with van der Waals surface area (Å²) in [6.07, 6.45) is 0. The van der Waals surface area contributed by atoms with Crippen molar-refractivity contribution in [2.24, 2.45) is 8.80 Å². The molecule has 0 atom stereocenters. The third-order valence-electron chi connectivity index (χ3n) is 2.08. The van der Waals surface area contributed by atoms with Gasteiger partial charge in [-0.1, -0.05) is 12.1 Å². The van der Waals surface area contributed by atoms with E-state index in [1.807, 2.05) is 35.0 Å². The van der Waals surface area contributed by atoms with Crippen LogP contribution in [0.15, 0.2) is 43.8 Å². The van der Waals surface area contributed by atoms with E-state index in [1.165, 1.54) is 0 Å². The lowest BCUT2D eigenvalue weighted by molar-refractivity contribution is 0.685. The highest BCUT2D eigenvalue weighted by Crippen LogP contribution is 2.16. The van der Waals surface area contributed by atoms with Crippen molar-refractivity contribution >= 4 is 45.5 Å². The number of amidine groups is 2. The van der Waals surface area contributed by atoms with Gasteiger partial charge in [0.2, 0.25) is 0 Å². The first-order valence-electron chi connectivity index (χ1n) is 4.77. The molecule has 0 bridgehead atoms. The first kappa shape index (κ1) is 10.8. The van der Waals surface area contributed by atoms with Crippen molar-refractivity contribution in [3.05, 3.63) is 44.8 Å². The second kappa shape index (κ2) is 4.52. The van der Waals surface area contributed by atoms with Crippen molar-refractivity contribution < 1.29 is 4.21 Å². The molecule has 2 aromatic rings. The summed E-state index contributed by atoms with van der Waals surface area (Å²) in [7, 11) is 0. The largest absolute Gasteiger partial charge is 0.321 e. The molecule has 0 spiro atoms. The molecule has 0 radical (unpaired) electrons. The van der Waals surface area contributed by atoms with E-state index >= 15 is 0 Å². The van der Waals surface area contributed by atoms with Gasteiger partial charge in [-0.3, -0.25) is 0 Å². The molecule has 17 heavy (non-hydrogen) atoms. The number of rotatable bonds is 2. The van der Waals surface area contributed by atoms with E-state index in [4.69, 9.17) is 0 Å². The molecule has 0 saturated heterocycles. The fourth-order valence-corrected chi connectivity index (χ4v) is 3.47. The Morgan fingerprint density at radius 1 is 1.00 bits per heavy atom. The lowest BCUT2D eigenvalue weighted by Crippen LogP contribution is -2.34. The van der Waals surface area contributed by atoms with Crippen molar-refractivity contribution in [1.82, 2.24) is 5.32 Å². The van der Waals surface area contributed by atoms with Crippen LogP contribution in [0.25, 0.3) is 0 Å². The number of hydrogen-bond acceptors (Lipinski definition) is 4. The van der Waals surface area contributed by atoms with Crippen LogP contribution in [-0.2, 0) is 11.2 Å². The van der Waals surface area contributed by atoms with Crippen LogP contribution >= 0.6 is 22.7 Å². The number of thiophene rings is 2. The lowest BCUT2D eigenvalue weighted by atomic mass is 10.4. The van der Waals surface area contributed by atoms with Gasteiger partial charge in [-0.15, -0.1) is 31.5 Å². The Labute approximate surface area is 108 Å². The van der Waals surface area contributed by atoms with Crippen LogP contribution in [0.5, 0.6) is 0 Å². The highest BCUT2D eigenvalue weighted by Gasteiger charge is 2.17. The van der Waals surface area contributed by atoms with Crippen molar-refractivity contribution in [2.45, 2.75) is 0 Å². The van der Waals surface area contributed by atoms with Crippen molar-refractivity contribution in [1.29, 1.82) is 0 Å². The maximum atomic E-state index is 11.6. The van der Waals surface area contributed by atoms with Crippen LogP contribution in [0.2, 0.25) is 0 Å². The average Bonchev–Trinajstić information content (AvgIpc) is 3.02. The molecule has 2 aromatic heterocycles. The van der Waals surface area contributed by atoms with Gasteiger partial charge in [-0.25, -0.2) is 4.21 Å². The Kier molecular flexibility index (Phi) is 2.87. The number of nitrogens with one attached hydrogen (secondary N) is 1. The van der Waals surface area contributed by atoms with E-state index in [9.17, 15) is 4.21 Å². The van der Waals surface area contributed by atoms with Crippen molar-refractivity contribution in [3.63, 3.8) is 0 Å². The maximum absolute atomic E-state index is 11.6. The van der Waals surface area contributed by atoms with Gasteiger partial charge >= 0.3 is 0 Å². The second-order valence-corrected chi connectivity index (χ2v) is 5.91. The molecule has 0 aliphatic carbocycles. The fraction of sp³-hybridized carbons (Fsp3) is 0. The van der Waals surface area contributed by atoms with E-state index in [1.54, 1.807) is 22.7 Å². The molecule has 0 saturated carbocycles. The van der Waals surface area contributed by atoms with Crippen LogP contribution in [0.1, 0.15) is 9.75 Å². The minimum Gasteiger partial charge on any atom is -0.321 e. The van der Waals surface area contributed by atoms with E-state index in [0.29, 0.717) is 11.7 Å². The molecule has 86 valence electrons. The van der Waals surface area contributed by atoms with Gasteiger partial charge in [0, 0.05) is 0 Å². The SMILES string of the molecule is O=S1N=C(c2cccs2)NC(c2cccs2)=N1. The number of hydrogen-bond donors (Lipinski definition) is 1. The van der Waals surface area contributed by atoms with E-state index in [-0.39, 0.29) is 0 Å². The molecule has 1 aliphatic heterocycles. The first-order valence-corrected chi connectivity index (χ1v) is 7.59. The molecule has 3 heterocycles. The van der Waals surface area contributed by atoms with Gasteiger partial charge in [-0.2, -0.15) is 0 Å². The topological polar surface area (TPSA) is 53.8 Å². The fourth-order valence-electron chi connectivity index (χ4n) is 1.37. The summed E-state index contributed by atoms with van der Waals surface area (Å²) in [6.45, 7) is 0. The normalized spacial score (nSPS) is 16.2. The Morgan fingerprint density at radius 3 is 1.94 bits per heavy atom. The quantitative estimate of drug-likeness (QED) is 0.917. The Bertz CT molecular complexity index is 547. The predicted octanol–water partition coefficient (Wildman–Crippen LogP) is 2.18. The summed E-state index contributed by atoms with van der Waals surface area (Å²) in [5, 5.41) is 7.03. The smallest absolute Gasteiger partial charge is 0.269 e. The predicted molar refractivity (Wildman–Crippen MR) is 73.0 cm³/mol. The van der Waals surface area contributed by atoms with E-state index in [0.717, 1.165) is 9.75 Å². The van der Waals surface area contributed by atoms with Crippen LogP contribution in [0.3, 0.4) is 0 Å². The molecular formula is C10H7N3OS3. The van der Waals surface area contributed by atoms with Gasteiger partial charge in [0.15, 0.2) is 11.7 Å². The minimum absolute atomic E-state index is 0.622. The molecule has 0 fully saturated rings. The molecule has 0 aromatic carbocycles. The van der Waals surface area contributed by atoms with Crippen LogP contribution in [0, 0.1) is 0 Å². The van der Waals surface area contributed by atoms with Crippen molar-refractivity contribution in [2.75, 3.05) is 0 Å². The minimum atomic E-state index is -1.54. The summed E-state index contributed by atoms with van der Waals surface area (Å²) < 4.78 is 19.6. The van der Waals surface area contributed by atoms with E-state index in [2.05, 4.69) is 14.1 Å². The Morgan fingerprint density at radius 2 is 1.53 bits per heavy atom. The molecule has 1 aliphatic rings. The van der Waals surface area contributed by atoms with Crippen LogP contribution < -0.4 is 5.32 Å². The van der Waals surface area contributed by atoms with Gasteiger partial charge in [0.05, 0.1) is 9.75 Å². The molecule has 7 heteroatoms. The molecule has 1 N–H and O–H groups in total. The summed E-state index contributed by atoms with van der Waals surface area (Å²) >= 11 is 1.56. The summed E-state index contributed by atoms with van der Waals surface area (Å²) in [5.74, 6) is 1.24. The molecular weight excluding hydrogens is 274 g/mol. The summed E-state index contributed by atoms with van der Waals surface area (Å²) in [6, 6.07) is 7.74. The first-order chi connectivity index (χ1) is 8.33. The summed E-state index contributed by atoms with van der Waals surface area (Å²) in [5.41, 5.74) is 0. The highest BCUT2D eigenvalue weighted by atomic mass is 32.2. The molecule has 4 nitrogen and oxygen atoms in total. The van der Waals surface area contributed by atoms with Crippen LogP contribution in [0.4, 0.5) is 0 Å². The van der Waals surface area contributed by atoms with Gasteiger partial charge in [0.25, 0.3) is 11.2 Å². The lowest BCUT2D eigenvalue weighted by Gasteiger charge is -2.12. The molecule has 0 unspecified atom stereocenters. The van der Waals surface area contributed by atoms with E-state index < -0.39 is 11.2 Å². The second-order valence-electron chi connectivity index (χ2n) is 3.19. The van der Waals surface area contributed by atoms with Gasteiger partial charge < -0.3 is 5.32 Å². The Balaban J connectivity index is 1.94. The highest BCUT2D eigenvalue weighted by molar-refractivity contribution is 7.82. The zero-order chi connectivity index (χ0) is 11.7. The van der Waals surface area contributed by atoms with Gasteiger partial charge in [-0.05, 0) is 22.9 Å². The molecule has 3 rings (SSSR count). The summed E-state index contributed by atoms with van der Waals surface area (Å²) in [4.78, 5) is 1.92. The Hall–Kier alpha value is -1.31. The van der Waals surface area contributed by atoms with Crippen LogP contribution in [-0.4, -0.2) is 15.9 Å². The maximum Gasteiger partial charge on any atom is 0.269 e. The third-order valence-corrected chi connectivity index (χ3v) is 4.52. The number of nitrogens with zero attached hydrogens (tertiary/aromatic N) is 2. The monoisotopic (exact) mass is 281 g/mol. The van der Waals surface area contributed by atoms with Gasteiger partial charge in [0.1, 0.15) is 0 Å². The average molecular weight is 281 g/mol. The standard InChI is InChI=1S/C10H7N3OS3/c14-17-12-9(7-3-1-5-15-7)11-10(13-17)8-4-2-6-16-8/h1-6H,(H,11,12,13). The van der Waals surface area contributed by atoms with Crippen molar-refractivity contribution in [3.8, 4) is 0 Å². The third kappa shape index (κ3) is 2.21.